The Kier molecular flexibility index (Phi) is 4.13. The van der Waals surface area contributed by atoms with Gasteiger partial charge < -0.3 is 4.74 Å². The van der Waals surface area contributed by atoms with E-state index < -0.39 is 10.0 Å². The van der Waals surface area contributed by atoms with Gasteiger partial charge in [-0.15, -0.1) is 0 Å². The fraction of sp³-hybridized carbons (Fsp3) is 0.312. The Labute approximate surface area is 130 Å². The van der Waals surface area contributed by atoms with Crippen LogP contribution in [0.15, 0.2) is 53.7 Å². The average Bonchev–Trinajstić information content (AvgIpc) is 3.06. The van der Waals surface area contributed by atoms with Crippen LogP contribution in [0.3, 0.4) is 0 Å². The lowest BCUT2D eigenvalue weighted by molar-refractivity contribution is 0.395. The van der Waals surface area contributed by atoms with Crippen molar-refractivity contribution < 1.29 is 13.2 Å². The molecule has 0 saturated carbocycles. The highest BCUT2D eigenvalue weighted by atomic mass is 32.2. The molecule has 1 aliphatic heterocycles. The summed E-state index contributed by atoms with van der Waals surface area (Å²) in [6.07, 6.45) is 5.11. The van der Waals surface area contributed by atoms with E-state index in [2.05, 4.69) is 4.98 Å². The third-order valence-electron chi connectivity index (χ3n) is 3.94. The van der Waals surface area contributed by atoms with Crippen molar-refractivity contribution in [3.8, 4) is 5.75 Å². The molecule has 0 radical (unpaired) electrons. The molecule has 1 aliphatic rings. The number of ether oxygens (including phenoxy) is 1. The van der Waals surface area contributed by atoms with Crippen molar-refractivity contribution >= 4 is 10.0 Å². The van der Waals surface area contributed by atoms with Crippen LogP contribution in [-0.2, 0) is 10.0 Å². The summed E-state index contributed by atoms with van der Waals surface area (Å²) in [5, 5.41) is 0. The van der Waals surface area contributed by atoms with Gasteiger partial charge >= 0.3 is 0 Å². The number of nitrogens with zero attached hydrogens (tertiary/aromatic N) is 2. The molecule has 1 fully saturated rings. The summed E-state index contributed by atoms with van der Waals surface area (Å²) in [6.45, 7) is 0.536. The summed E-state index contributed by atoms with van der Waals surface area (Å²) >= 11 is 0. The first kappa shape index (κ1) is 15.0. The van der Waals surface area contributed by atoms with Crippen molar-refractivity contribution in [2.24, 2.45) is 0 Å². The molecule has 5 nitrogen and oxygen atoms in total. The lowest BCUT2D eigenvalue weighted by Gasteiger charge is -2.24. The number of hydrogen-bond donors (Lipinski definition) is 0. The molecule has 2 aromatic rings. The van der Waals surface area contributed by atoms with E-state index in [1.807, 2.05) is 12.1 Å². The van der Waals surface area contributed by atoms with Gasteiger partial charge in [-0.2, -0.15) is 4.31 Å². The van der Waals surface area contributed by atoms with Gasteiger partial charge in [-0.25, -0.2) is 8.42 Å². The molecular formula is C16H18N2O3S. The quantitative estimate of drug-likeness (QED) is 0.869. The Morgan fingerprint density at radius 3 is 2.64 bits per heavy atom. The van der Waals surface area contributed by atoms with E-state index in [4.69, 9.17) is 4.74 Å². The summed E-state index contributed by atoms with van der Waals surface area (Å²) < 4.78 is 32.4. The number of pyridine rings is 1. The van der Waals surface area contributed by atoms with Gasteiger partial charge in [0.2, 0.25) is 10.0 Å². The van der Waals surface area contributed by atoms with Crippen LogP contribution in [0.2, 0.25) is 0 Å². The third kappa shape index (κ3) is 2.71. The minimum absolute atomic E-state index is 0.138. The fourth-order valence-electron chi connectivity index (χ4n) is 2.82. The molecule has 116 valence electrons. The fourth-order valence-corrected chi connectivity index (χ4v) is 4.50. The lowest BCUT2D eigenvalue weighted by Crippen LogP contribution is -2.30. The van der Waals surface area contributed by atoms with Crippen LogP contribution >= 0.6 is 0 Å². The second-order valence-corrected chi connectivity index (χ2v) is 7.13. The number of rotatable bonds is 4. The predicted molar refractivity (Wildman–Crippen MR) is 83.1 cm³/mol. The van der Waals surface area contributed by atoms with Crippen molar-refractivity contribution in [3.05, 3.63) is 54.4 Å². The zero-order chi connectivity index (χ0) is 15.6. The van der Waals surface area contributed by atoms with E-state index >= 15 is 0 Å². The molecule has 1 aromatic carbocycles. The third-order valence-corrected chi connectivity index (χ3v) is 5.86. The predicted octanol–water partition coefficient (Wildman–Crippen LogP) is 2.62. The van der Waals surface area contributed by atoms with Gasteiger partial charge in [0.1, 0.15) is 5.75 Å². The molecule has 0 aliphatic carbocycles. The average molecular weight is 318 g/mol. The van der Waals surface area contributed by atoms with Crippen LogP contribution in [0.1, 0.15) is 24.4 Å². The maximum atomic E-state index is 12.9. The Balaban J connectivity index is 1.93. The van der Waals surface area contributed by atoms with Gasteiger partial charge in [-0.1, -0.05) is 6.07 Å². The number of methoxy groups -OCH3 is 1. The molecule has 22 heavy (non-hydrogen) atoms. The number of hydrogen-bond acceptors (Lipinski definition) is 4. The molecule has 0 amide bonds. The van der Waals surface area contributed by atoms with E-state index in [9.17, 15) is 8.42 Å². The van der Waals surface area contributed by atoms with E-state index in [-0.39, 0.29) is 6.04 Å². The normalized spacial score (nSPS) is 19.2. The minimum Gasteiger partial charge on any atom is -0.497 e. The Bertz CT molecular complexity index is 730. The second kappa shape index (κ2) is 6.06. The highest BCUT2D eigenvalue weighted by molar-refractivity contribution is 7.89. The monoisotopic (exact) mass is 318 g/mol. The minimum atomic E-state index is -3.51. The highest BCUT2D eigenvalue weighted by Crippen LogP contribution is 2.36. The first-order chi connectivity index (χ1) is 10.6. The van der Waals surface area contributed by atoms with Gasteiger partial charge in [0.05, 0.1) is 18.0 Å². The number of aromatic nitrogens is 1. The molecule has 1 atom stereocenters. The van der Waals surface area contributed by atoms with Crippen LogP contribution in [-0.4, -0.2) is 31.4 Å². The smallest absolute Gasteiger partial charge is 0.243 e. The molecule has 0 bridgehead atoms. The maximum Gasteiger partial charge on any atom is 0.243 e. The van der Waals surface area contributed by atoms with Crippen LogP contribution in [0, 0.1) is 0 Å². The zero-order valence-electron chi connectivity index (χ0n) is 12.3. The number of benzene rings is 1. The molecule has 6 heteroatoms. The summed E-state index contributed by atoms with van der Waals surface area (Å²) in [4.78, 5) is 4.40. The summed E-state index contributed by atoms with van der Waals surface area (Å²) in [6, 6.07) is 10.1. The second-order valence-electron chi connectivity index (χ2n) is 5.24. The Morgan fingerprint density at radius 1 is 1.23 bits per heavy atom. The van der Waals surface area contributed by atoms with E-state index in [1.165, 1.54) is 0 Å². The van der Waals surface area contributed by atoms with Crippen LogP contribution in [0.4, 0.5) is 0 Å². The largest absolute Gasteiger partial charge is 0.497 e. The first-order valence-corrected chi connectivity index (χ1v) is 8.63. The van der Waals surface area contributed by atoms with E-state index in [0.29, 0.717) is 17.2 Å². The molecule has 0 N–H and O–H groups in total. The van der Waals surface area contributed by atoms with Crippen LogP contribution < -0.4 is 4.74 Å². The van der Waals surface area contributed by atoms with Crippen molar-refractivity contribution in [3.63, 3.8) is 0 Å². The Morgan fingerprint density at radius 2 is 2.00 bits per heavy atom. The zero-order valence-corrected chi connectivity index (χ0v) is 13.2. The molecule has 0 spiro atoms. The SMILES string of the molecule is COc1ccc(S(=O)(=O)N2CCCC2c2cccnc2)cc1. The molecule has 1 saturated heterocycles. The summed E-state index contributed by atoms with van der Waals surface area (Å²) in [7, 11) is -1.95. The van der Waals surface area contributed by atoms with E-state index in [0.717, 1.165) is 18.4 Å². The number of sulfonamides is 1. The standard InChI is InChI=1S/C16H18N2O3S/c1-21-14-6-8-15(9-7-14)22(19,20)18-11-3-5-16(18)13-4-2-10-17-12-13/h2,4,6-10,12,16H,3,5,11H2,1H3. The summed E-state index contributed by atoms with van der Waals surface area (Å²) in [5.74, 6) is 0.643. The highest BCUT2D eigenvalue weighted by Gasteiger charge is 2.36. The van der Waals surface area contributed by atoms with Crippen molar-refractivity contribution in [1.29, 1.82) is 0 Å². The summed E-state index contributed by atoms with van der Waals surface area (Å²) in [5.41, 5.74) is 0.942. The van der Waals surface area contributed by atoms with Crippen LogP contribution in [0.5, 0.6) is 5.75 Å². The van der Waals surface area contributed by atoms with Gasteiger partial charge in [-0.05, 0) is 48.7 Å². The van der Waals surface area contributed by atoms with Gasteiger partial charge in [0.25, 0.3) is 0 Å². The Hall–Kier alpha value is -1.92. The van der Waals surface area contributed by atoms with E-state index in [1.54, 1.807) is 48.1 Å². The lowest BCUT2D eigenvalue weighted by atomic mass is 10.1. The van der Waals surface area contributed by atoms with Crippen molar-refractivity contribution in [2.45, 2.75) is 23.8 Å². The molecular weight excluding hydrogens is 300 g/mol. The topological polar surface area (TPSA) is 59.5 Å². The molecule has 1 unspecified atom stereocenters. The van der Waals surface area contributed by atoms with Crippen molar-refractivity contribution in [2.75, 3.05) is 13.7 Å². The van der Waals surface area contributed by atoms with Gasteiger partial charge in [0.15, 0.2) is 0 Å². The van der Waals surface area contributed by atoms with Crippen molar-refractivity contribution in [1.82, 2.24) is 9.29 Å². The molecule has 3 rings (SSSR count). The van der Waals surface area contributed by atoms with Gasteiger partial charge in [-0.3, -0.25) is 4.98 Å². The first-order valence-electron chi connectivity index (χ1n) is 7.19. The maximum absolute atomic E-state index is 12.9. The molecule has 2 heterocycles. The molecule has 1 aromatic heterocycles. The van der Waals surface area contributed by atoms with Gasteiger partial charge in [0, 0.05) is 18.9 Å². The van der Waals surface area contributed by atoms with Crippen LogP contribution in [0.25, 0.3) is 0 Å².